The summed E-state index contributed by atoms with van der Waals surface area (Å²) in [5, 5.41) is 11.8. The van der Waals surface area contributed by atoms with E-state index in [1.54, 1.807) is 41.9 Å². The minimum Gasteiger partial charge on any atom is -0.457 e. The van der Waals surface area contributed by atoms with Gasteiger partial charge in [-0.15, -0.1) is 0 Å². The summed E-state index contributed by atoms with van der Waals surface area (Å²) in [7, 11) is 0. The summed E-state index contributed by atoms with van der Waals surface area (Å²) in [5.74, 6) is 0.700. The van der Waals surface area contributed by atoms with Crippen LogP contribution in [0.15, 0.2) is 48.5 Å². The molecule has 2 aromatic rings. The Hall–Kier alpha value is -2.77. The van der Waals surface area contributed by atoms with Crippen LogP contribution in [0.3, 0.4) is 0 Å². The number of carbonyl (C=O) groups is 2. The lowest BCUT2D eigenvalue weighted by Crippen LogP contribution is -2.41. The molecule has 0 saturated carbocycles. The molecule has 130 valence electrons. The molecule has 0 radical (unpaired) electrons. The molecule has 7 nitrogen and oxygen atoms in total. The highest BCUT2D eigenvalue weighted by atomic mass is 35.5. The van der Waals surface area contributed by atoms with Gasteiger partial charge in [-0.05, 0) is 42.0 Å². The first-order valence-electron chi connectivity index (χ1n) is 7.57. The third-order valence-electron chi connectivity index (χ3n) is 3.76. The Kier molecular flexibility index (Phi) is 5.06. The average Bonchev–Trinajstić information content (AvgIpc) is 2.98. The summed E-state index contributed by atoms with van der Waals surface area (Å²) in [6, 6.07) is 13.2. The summed E-state index contributed by atoms with van der Waals surface area (Å²) in [6.45, 7) is 0.538. The first-order valence-corrected chi connectivity index (χ1v) is 7.94. The van der Waals surface area contributed by atoms with Crippen LogP contribution >= 0.6 is 11.6 Å². The number of carbonyl (C=O) groups excluding carboxylic acids is 2. The van der Waals surface area contributed by atoms with Crippen molar-refractivity contribution in [2.24, 2.45) is 0 Å². The maximum absolute atomic E-state index is 11.9. The third-order valence-corrected chi connectivity index (χ3v) is 4.01. The number of amides is 3. The van der Waals surface area contributed by atoms with Crippen LogP contribution in [0.4, 0.5) is 4.79 Å². The number of urea groups is 1. The molecule has 1 unspecified atom stereocenters. The fourth-order valence-corrected chi connectivity index (χ4v) is 2.60. The van der Waals surface area contributed by atoms with Gasteiger partial charge in [0.15, 0.2) is 0 Å². The minimum atomic E-state index is -0.759. The molecule has 0 bridgehead atoms. The maximum atomic E-state index is 11.9. The number of nitrogens with zero attached hydrogens (tertiary/aromatic N) is 1. The molecule has 0 spiro atoms. The van der Waals surface area contributed by atoms with Gasteiger partial charge in [0.2, 0.25) is 0 Å². The second kappa shape index (κ2) is 7.42. The van der Waals surface area contributed by atoms with Crippen molar-refractivity contribution in [2.75, 3.05) is 6.54 Å². The topological polar surface area (TPSA) is 90.9 Å². The standard InChI is InChI=1S/C17H16ClN3O4/c18-12-3-7-14(8-4-12)25-13-5-1-11(2-6-13)9-21-10-15(16(22)20-24)19-17(21)23/h1-8,15,24H,9-10H2,(H,19,23)(H,20,22). The number of ether oxygens (including phenoxy) is 1. The van der Waals surface area contributed by atoms with Crippen molar-refractivity contribution in [1.29, 1.82) is 0 Å². The fraction of sp³-hybridized carbons (Fsp3) is 0.176. The number of rotatable bonds is 5. The Labute approximate surface area is 149 Å². The second-order valence-corrected chi connectivity index (χ2v) is 6.00. The highest BCUT2D eigenvalue weighted by molar-refractivity contribution is 6.30. The molecule has 25 heavy (non-hydrogen) atoms. The minimum absolute atomic E-state index is 0.189. The Bertz CT molecular complexity index is 764. The zero-order valence-corrected chi connectivity index (χ0v) is 13.9. The van der Waals surface area contributed by atoms with E-state index in [0.717, 1.165) is 5.56 Å². The van der Waals surface area contributed by atoms with E-state index >= 15 is 0 Å². The van der Waals surface area contributed by atoms with Gasteiger partial charge < -0.3 is 15.0 Å². The number of hydrogen-bond donors (Lipinski definition) is 3. The van der Waals surface area contributed by atoms with Crippen LogP contribution in [-0.4, -0.2) is 34.6 Å². The quantitative estimate of drug-likeness (QED) is 0.563. The first-order chi connectivity index (χ1) is 12.0. The lowest BCUT2D eigenvalue weighted by Gasteiger charge is -2.15. The van der Waals surface area contributed by atoms with Gasteiger partial charge in [0, 0.05) is 11.6 Å². The summed E-state index contributed by atoms with van der Waals surface area (Å²) in [4.78, 5) is 24.7. The Morgan fingerprint density at radius 2 is 1.80 bits per heavy atom. The lowest BCUT2D eigenvalue weighted by atomic mass is 10.2. The van der Waals surface area contributed by atoms with Crippen molar-refractivity contribution in [3.05, 3.63) is 59.1 Å². The van der Waals surface area contributed by atoms with Crippen molar-refractivity contribution in [3.63, 3.8) is 0 Å². The van der Waals surface area contributed by atoms with Crippen molar-refractivity contribution in [2.45, 2.75) is 12.6 Å². The van der Waals surface area contributed by atoms with E-state index in [2.05, 4.69) is 5.32 Å². The van der Waals surface area contributed by atoms with Crippen LogP contribution in [0.25, 0.3) is 0 Å². The molecule has 1 heterocycles. The number of nitrogens with one attached hydrogen (secondary N) is 2. The second-order valence-electron chi connectivity index (χ2n) is 5.56. The lowest BCUT2D eigenvalue weighted by molar-refractivity contribution is -0.130. The van der Waals surface area contributed by atoms with Crippen molar-refractivity contribution in [1.82, 2.24) is 15.7 Å². The Morgan fingerprint density at radius 3 is 2.40 bits per heavy atom. The van der Waals surface area contributed by atoms with Gasteiger partial charge in [-0.25, -0.2) is 10.3 Å². The molecule has 8 heteroatoms. The molecule has 0 aromatic heterocycles. The molecule has 0 aliphatic carbocycles. The van der Waals surface area contributed by atoms with Gasteiger partial charge in [-0.2, -0.15) is 0 Å². The van der Waals surface area contributed by atoms with Crippen LogP contribution in [-0.2, 0) is 11.3 Å². The number of hydrogen-bond acceptors (Lipinski definition) is 4. The highest BCUT2D eigenvalue weighted by Gasteiger charge is 2.33. The average molecular weight is 362 g/mol. The van der Waals surface area contributed by atoms with Gasteiger partial charge >= 0.3 is 6.03 Å². The molecule has 1 saturated heterocycles. The van der Waals surface area contributed by atoms with Gasteiger partial charge in [-0.1, -0.05) is 23.7 Å². The van der Waals surface area contributed by atoms with Gasteiger partial charge in [-0.3, -0.25) is 10.0 Å². The molecule has 1 aliphatic rings. The van der Waals surface area contributed by atoms with Crippen molar-refractivity contribution >= 4 is 23.5 Å². The monoisotopic (exact) mass is 361 g/mol. The van der Waals surface area contributed by atoms with Crippen LogP contribution in [0, 0.1) is 0 Å². The summed E-state index contributed by atoms with van der Waals surface area (Å²) >= 11 is 5.84. The summed E-state index contributed by atoms with van der Waals surface area (Å²) in [5.41, 5.74) is 2.43. The predicted molar refractivity (Wildman–Crippen MR) is 90.6 cm³/mol. The zero-order chi connectivity index (χ0) is 17.8. The largest absolute Gasteiger partial charge is 0.457 e. The van der Waals surface area contributed by atoms with Crippen LogP contribution in [0.5, 0.6) is 11.5 Å². The molecule has 2 aromatic carbocycles. The molecular weight excluding hydrogens is 346 g/mol. The van der Waals surface area contributed by atoms with Gasteiger partial charge in [0.25, 0.3) is 5.91 Å². The van der Waals surface area contributed by atoms with E-state index in [4.69, 9.17) is 21.5 Å². The molecule has 3 N–H and O–H groups in total. The van der Waals surface area contributed by atoms with E-state index in [1.165, 1.54) is 4.90 Å². The van der Waals surface area contributed by atoms with E-state index in [0.29, 0.717) is 23.1 Å². The fourth-order valence-electron chi connectivity index (χ4n) is 2.47. The molecule has 1 fully saturated rings. The molecule has 3 amide bonds. The van der Waals surface area contributed by atoms with Crippen LogP contribution in [0.2, 0.25) is 5.02 Å². The SMILES string of the molecule is O=C(NO)C1CN(Cc2ccc(Oc3ccc(Cl)cc3)cc2)C(=O)N1. The first kappa shape index (κ1) is 17.1. The summed E-state index contributed by atoms with van der Waals surface area (Å²) < 4.78 is 5.71. The smallest absolute Gasteiger partial charge is 0.318 e. The number of hydroxylamine groups is 1. The van der Waals surface area contributed by atoms with Crippen LogP contribution in [0.1, 0.15) is 5.56 Å². The maximum Gasteiger partial charge on any atom is 0.318 e. The van der Waals surface area contributed by atoms with Gasteiger partial charge in [0.1, 0.15) is 17.5 Å². The third kappa shape index (κ3) is 4.20. The van der Waals surface area contributed by atoms with Crippen molar-refractivity contribution < 1.29 is 19.5 Å². The van der Waals surface area contributed by atoms with E-state index in [1.807, 2.05) is 12.1 Å². The van der Waals surface area contributed by atoms with E-state index in [-0.39, 0.29) is 12.6 Å². The Morgan fingerprint density at radius 1 is 1.20 bits per heavy atom. The molecule has 1 aliphatic heterocycles. The Balaban J connectivity index is 1.60. The normalized spacial score (nSPS) is 16.5. The predicted octanol–water partition coefficient (Wildman–Crippen LogP) is 2.53. The summed E-state index contributed by atoms with van der Waals surface area (Å²) in [6.07, 6.45) is 0. The number of benzene rings is 2. The number of halogens is 1. The molecule has 3 rings (SSSR count). The van der Waals surface area contributed by atoms with Crippen LogP contribution < -0.4 is 15.5 Å². The van der Waals surface area contributed by atoms with E-state index < -0.39 is 11.9 Å². The van der Waals surface area contributed by atoms with E-state index in [9.17, 15) is 9.59 Å². The molecular formula is C17H16ClN3O4. The zero-order valence-electron chi connectivity index (χ0n) is 13.1. The van der Waals surface area contributed by atoms with Gasteiger partial charge in [0.05, 0.1) is 6.54 Å². The molecule has 1 atom stereocenters. The highest BCUT2D eigenvalue weighted by Crippen LogP contribution is 2.23. The van der Waals surface area contributed by atoms with Crippen molar-refractivity contribution in [3.8, 4) is 11.5 Å².